The number of amides is 4. The minimum Gasteiger partial charge on any atom is -0.444 e. The molecule has 0 saturated heterocycles. The molecule has 1 saturated carbocycles. The fraction of sp³-hybridized carbons (Fsp3) is 0.667. The smallest absolute Gasteiger partial charge is 0.408 e. The van der Waals surface area contributed by atoms with Gasteiger partial charge in [0.2, 0.25) is 17.7 Å². The van der Waals surface area contributed by atoms with Crippen molar-refractivity contribution in [1.82, 2.24) is 15.5 Å². The molecule has 1 aliphatic rings. The molecule has 9 nitrogen and oxygen atoms in total. The number of unbranched alkanes of at least 4 members (excludes halogenated alkanes) is 2. The number of aryl methyl sites for hydroxylation is 1. The molecule has 1 aromatic rings. The normalized spacial score (nSPS) is 15.6. The molecule has 2 atom stereocenters. The first-order valence-electron chi connectivity index (χ1n) is 14.4. The van der Waals surface area contributed by atoms with E-state index in [0.717, 1.165) is 56.1 Å². The number of carbonyl (C=O) groups is 4. The number of benzene rings is 1. The maximum atomic E-state index is 14.2. The van der Waals surface area contributed by atoms with Gasteiger partial charge in [0.15, 0.2) is 0 Å². The van der Waals surface area contributed by atoms with Crippen molar-refractivity contribution in [2.45, 2.75) is 123 Å². The number of hydrogen-bond donors (Lipinski definition) is 3. The zero-order valence-corrected chi connectivity index (χ0v) is 24.4. The summed E-state index contributed by atoms with van der Waals surface area (Å²) in [5.41, 5.74) is 6.26. The average molecular weight is 545 g/mol. The lowest BCUT2D eigenvalue weighted by Crippen LogP contribution is -2.54. The van der Waals surface area contributed by atoms with Crippen LogP contribution in [0.15, 0.2) is 24.3 Å². The van der Waals surface area contributed by atoms with E-state index in [1.807, 2.05) is 31.2 Å². The number of ether oxygens (including phenoxy) is 1. The summed E-state index contributed by atoms with van der Waals surface area (Å²) in [5.74, 6) is -1.25. The molecule has 0 aromatic heterocycles. The van der Waals surface area contributed by atoms with Crippen molar-refractivity contribution in [2.24, 2.45) is 5.73 Å². The van der Waals surface area contributed by atoms with E-state index in [9.17, 15) is 19.2 Å². The summed E-state index contributed by atoms with van der Waals surface area (Å²) in [6.45, 7) is 9.51. The molecule has 1 fully saturated rings. The summed E-state index contributed by atoms with van der Waals surface area (Å²) >= 11 is 0. The Hall–Kier alpha value is -3.10. The van der Waals surface area contributed by atoms with Gasteiger partial charge in [0.25, 0.3) is 0 Å². The van der Waals surface area contributed by atoms with Crippen molar-refractivity contribution >= 4 is 23.8 Å². The number of carbonyl (C=O) groups excluding carboxylic acids is 4. The molecule has 9 heteroatoms. The van der Waals surface area contributed by atoms with Crippen molar-refractivity contribution < 1.29 is 23.9 Å². The predicted molar refractivity (Wildman–Crippen MR) is 152 cm³/mol. The van der Waals surface area contributed by atoms with Crippen LogP contribution in [-0.4, -0.2) is 52.9 Å². The Kier molecular flexibility index (Phi) is 12.7. The third-order valence-corrected chi connectivity index (χ3v) is 6.95. The first-order chi connectivity index (χ1) is 18.4. The zero-order valence-electron chi connectivity index (χ0n) is 24.4. The van der Waals surface area contributed by atoms with E-state index in [-0.39, 0.29) is 24.8 Å². The van der Waals surface area contributed by atoms with Gasteiger partial charge in [-0.05, 0) is 64.5 Å². The summed E-state index contributed by atoms with van der Waals surface area (Å²) < 4.78 is 5.40. The number of alkyl carbamates (subject to hydrolysis) is 1. The standard InChI is InChI=1S/C30H48N4O5/c1-6-7-13-20-34(28(37)24(18-19-25(31)35)33-29(38)39-30(3,4)5)26(23-17-12-11-14-21(23)2)27(36)32-22-15-9-8-10-16-22/h11-12,14,17,22,24,26H,6-10,13,15-16,18-20H2,1-5H3,(H2,31,35)(H,32,36)(H,33,38). The average Bonchev–Trinajstić information content (AvgIpc) is 2.86. The first-order valence-corrected chi connectivity index (χ1v) is 14.4. The van der Waals surface area contributed by atoms with Gasteiger partial charge < -0.3 is 26.0 Å². The van der Waals surface area contributed by atoms with Gasteiger partial charge >= 0.3 is 6.09 Å². The highest BCUT2D eigenvalue weighted by Crippen LogP contribution is 2.28. The van der Waals surface area contributed by atoms with Crippen LogP contribution in [-0.2, 0) is 19.1 Å². The molecule has 0 spiro atoms. The number of hydrogen-bond acceptors (Lipinski definition) is 5. The van der Waals surface area contributed by atoms with Crippen LogP contribution in [0.4, 0.5) is 4.79 Å². The van der Waals surface area contributed by atoms with Gasteiger partial charge in [0, 0.05) is 19.0 Å². The minimum atomic E-state index is -1.08. The monoisotopic (exact) mass is 544 g/mol. The SMILES string of the molecule is CCCCCN(C(=O)C(CCC(N)=O)NC(=O)OC(C)(C)C)C(C(=O)NC1CCCCC1)c1ccccc1C. The van der Waals surface area contributed by atoms with E-state index < -0.39 is 35.6 Å². The van der Waals surface area contributed by atoms with Gasteiger partial charge in [0.05, 0.1) is 0 Å². The molecule has 0 aliphatic heterocycles. The number of primary amides is 1. The van der Waals surface area contributed by atoms with Crippen LogP contribution in [0.25, 0.3) is 0 Å². The van der Waals surface area contributed by atoms with Crippen LogP contribution in [0.2, 0.25) is 0 Å². The number of nitrogens with one attached hydrogen (secondary N) is 2. The van der Waals surface area contributed by atoms with Crippen LogP contribution < -0.4 is 16.4 Å². The second-order valence-electron chi connectivity index (χ2n) is 11.5. The summed E-state index contributed by atoms with van der Waals surface area (Å²) in [4.78, 5) is 54.0. The molecule has 4 N–H and O–H groups in total. The third kappa shape index (κ3) is 10.9. The molecule has 218 valence electrons. The number of nitrogens with two attached hydrogens (primary N) is 1. The highest BCUT2D eigenvalue weighted by molar-refractivity contribution is 5.92. The van der Waals surface area contributed by atoms with E-state index in [1.165, 1.54) is 0 Å². The van der Waals surface area contributed by atoms with E-state index >= 15 is 0 Å². The molecular formula is C30H48N4O5. The summed E-state index contributed by atoms with van der Waals surface area (Å²) in [5, 5.41) is 5.86. The van der Waals surface area contributed by atoms with Gasteiger partial charge in [-0.2, -0.15) is 0 Å². The van der Waals surface area contributed by atoms with E-state index in [1.54, 1.807) is 25.7 Å². The van der Waals surface area contributed by atoms with Crippen LogP contribution in [0.1, 0.15) is 109 Å². The van der Waals surface area contributed by atoms with Crippen molar-refractivity contribution in [3.8, 4) is 0 Å². The first kappa shape index (κ1) is 32.1. The minimum absolute atomic E-state index is 0.00240. The fourth-order valence-corrected chi connectivity index (χ4v) is 4.96. The van der Waals surface area contributed by atoms with Crippen molar-refractivity contribution in [2.75, 3.05) is 6.54 Å². The van der Waals surface area contributed by atoms with Crippen molar-refractivity contribution in [3.05, 3.63) is 35.4 Å². The molecule has 2 unspecified atom stereocenters. The molecule has 4 amide bonds. The Balaban J connectivity index is 2.48. The van der Waals surface area contributed by atoms with Gasteiger partial charge in [-0.25, -0.2) is 4.79 Å². The van der Waals surface area contributed by atoms with Gasteiger partial charge in [0.1, 0.15) is 17.7 Å². The number of rotatable bonds is 13. The third-order valence-electron chi connectivity index (χ3n) is 6.95. The lowest BCUT2D eigenvalue weighted by Gasteiger charge is -2.36. The Labute approximate surface area is 233 Å². The van der Waals surface area contributed by atoms with Crippen molar-refractivity contribution in [1.29, 1.82) is 0 Å². The lowest BCUT2D eigenvalue weighted by atomic mass is 9.93. The summed E-state index contributed by atoms with van der Waals surface area (Å²) in [7, 11) is 0. The molecule has 39 heavy (non-hydrogen) atoms. The second-order valence-corrected chi connectivity index (χ2v) is 11.5. The van der Waals surface area contributed by atoms with E-state index in [0.29, 0.717) is 13.0 Å². The Bertz CT molecular complexity index is 968. The maximum absolute atomic E-state index is 14.2. The Morgan fingerprint density at radius 3 is 2.33 bits per heavy atom. The van der Waals surface area contributed by atoms with Gasteiger partial charge in [-0.15, -0.1) is 0 Å². The molecule has 0 bridgehead atoms. The quantitative estimate of drug-likeness (QED) is 0.311. The maximum Gasteiger partial charge on any atom is 0.408 e. The molecule has 0 heterocycles. The van der Waals surface area contributed by atoms with Crippen LogP contribution in [0.5, 0.6) is 0 Å². The van der Waals surface area contributed by atoms with Gasteiger partial charge in [-0.3, -0.25) is 14.4 Å². The van der Waals surface area contributed by atoms with Crippen molar-refractivity contribution in [3.63, 3.8) is 0 Å². The largest absolute Gasteiger partial charge is 0.444 e. The fourth-order valence-electron chi connectivity index (χ4n) is 4.96. The highest BCUT2D eigenvalue weighted by Gasteiger charge is 2.37. The van der Waals surface area contributed by atoms with Crippen LogP contribution in [0.3, 0.4) is 0 Å². The van der Waals surface area contributed by atoms with Crippen LogP contribution in [0, 0.1) is 6.92 Å². The lowest BCUT2D eigenvalue weighted by molar-refractivity contribution is -0.143. The topological polar surface area (TPSA) is 131 Å². The molecule has 1 aromatic carbocycles. The Morgan fingerprint density at radius 1 is 1.08 bits per heavy atom. The highest BCUT2D eigenvalue weighted by atomic mass is 16.6. The van der Waals surface area contributed by atoms with Gasteiger partial charge in [-0.1, -0.05) is 63.3 Å². The predicted octanol–water partition coefficient (Wildman–Crippen LogP) is 4.66. The molecule has 2 rings (SSSR count). The second kappa shape index (κ2) is 15.5. The van der Waals surface area contributed by atoms with Crippen LogP contribution >= 0.6 is 0 Å². The van der Waals surface area contributed by atoms with E-state index in [4.69, 9.17) is 10.5 Å². The summed E-state index contributed by atoms with van der Waals surface area (Å²) in [6.07, 6.45) is 6.76. The summed E-state index contributed by atoms with van der Waals surface area (Å²) in [6, 6.07) is 5.67. The molecule has 1 aliphatic carbocycles. The zero-order chi connectivity index (χ0) is 29.0. The number of nitrogens with zero attached hydrogens (tertiary/aromatic N) is 1. The van der Waals surface area contributed by atoms with E-state index in [2.05, 4.69) is 17.6 Å². The Morgan fingerprint density at radius 2 is 1.74 bits per heavy atom. The molecule has 0 radical (unpaired) electrons. The molecular weight excluding hydrogens is 496 g/mol.